The van der Waals surface area contributed by atoms with Crippen molar-refractivity contribution in [1.29, 1.82) is 0 Å². The van der Waals surface area contributed by atoms with Gasteiger partial charge in [-0.05, 0) is 65.7 Å². The first-order chi connectivity index (χ1) is 25.8. The van der Waals surface area contributed by atoms with Gasteiger partial charge in [-0.25, -0.2) is 0 Å². The van der Waals surface area contributed by atoms with Crippen molar-refractivity contribution < 1.29 is 4.42 Å². The third-order valence-corrected chi connectivity index (χ3v) is 12.0. The molecule has 0 saturated carbocycles. The second-order valence-corrected chi connectivity index (χ2v) is 14.8. The van der Waals surface area contributed by atoms with Gasteiger partial charge in [-0.15, -0.1) is 11.3 Å². The Morgan fingerprint density at radius 3 is 1.96 bits per heavy atom. The van der Waals surface area contributed by atoms with E-state index in [1.54, 1.807) is 0 Å². The van der Waals surface area contributed by atoms with Crippen molar-refractivity contribution in [2.75, 3.05) is 4.90 Å². The summed E-state index contributed by atoms with van der Waals surface area (Å²) in [6.07, 6.45) is 3.28. The lowest BCUT2D eigenvalue weighted by Crippen LogP contribution is -2.26. The number of furan rings is 1. The van der Waals surface area contributed by atoms with Crippen LogP contribution in [0.2, 0.25) is 0 Å². The molecule has 10 aromatic rings. The van der Waals surface area contributed by atoms with Crippen LogP contribution >= 0.6 is 11.3 Å². The summed E-state index contributed by atoms with van der Waals surface area (Å²) < 4.78 is 10.3. The molecule has 0 amide bonds. The molecule has 0 fully saturated rings. The zero-order chi connectivity index (χ0) is 34.2. The number of nitrogens with zero attached hydrogens (tertiary/aromatic N) is 2. The summed E-state index contributed by atoms with van der Waals surface area (Å²) in [5.74, 6) is 0. The summed E-state index contributed by atoms with van der Waals surface area (Å²) >= 11 is 1.92. The average molecular weight is 685 g/mol. The van der Waals surface area contributed by atoms with Gasteiger partial charge in [0.1, 0.15) is 11.2 Å². The molecule has 1 aliphatic carbocycles. The lowest BCUT2D eigenvalue weighted by atomic mass is 9.93. The SMILES string of the molecule is C1=C(n2c3ccccc3c3ccccc32)CC(N(c2cccc(-c3ccccc3)c2)c2ccc3c(c2)oc2ccccc23)c2sc3ccccc3c21. The molecule has 1 aliphatic rings. The molecule has 0 radical (unpaired) electrons. The maximum Gasteiger partial charge on any atom is 0.137 e. The molecule has 0 saturated heterocycles. The fraction of sp³-hybridized carbons (Fsp3) is 0.0417. The summed E-state index contributed by atoms with van der Waals surface area (Å²) in [4.78, 5) is 3.94. The topological polar surface area (TPSA) is 21.3 Å². The van der Waals surface area contributed by atoms with E-state index in [4.69, 9.17) is 4.42 Å². The molecule has 0 spiro atoms. The van der Waals surface area contributed by atoms with Gasteiger partial charge >= 0.3 is 0 Å². The quantitative estimate of drug-likeness (QED) is 0.180. The zero-order valence-corrected chi connectivity index (χ0v) is 29.1. The van der Waals surface area contributed by atoms with Gasteiger partial charge in [0.25, 0.3) is 0 Å². The van der Waals surface area contributed by atoms with Crippen molar-refractivity contribution in [2.24, 2.45) is 0 Å². The molecule has 0 N–H and O–H groups in total. The van der Waals surface area contributed by atoms with Gasteiger partial charge in [-0.3, -0.25) is 0 Å². The Kier molecular flexibility index (Phi) is 6.55. The average Bonchev–Trinajstić information content (AvgIpc) is 3.88. The van der Waals surface area contributed by atoms with E-state index in [2.05, 4.69) is 179 Å². The van der Waals surface area contributed by atoms with Gasteiger partial charge in [-0.2, -0.15) is 0 Å². The number of aromatic nitrogens is 1. The molecular weight excluding hydrogens is 653 g/mol. The van der Waals surface area contributed by atoms with E-state index in [-0.39, 0.29) is 6.04 Å². The first-order valence-corrected chi connectivity index (χ1v) is 18.7. The van der Waals surface area contributed by atoms with Crippen LogP contribution in [-0.2, 0) is 0 Å². The Bertz CT molecular complexity index is 2960. The van der Waals surface area contributed by atoms with Crippen LogP contribution < -0.4 is 4.90 Å². The molecule has 3 nitrogen and oxygen atoms in total. The Labute approximate surface area is 304 Å². The highest BCUT2D eigenvalue weighted by Crippen LogP contribution is 2.51. The Morgan fingerprint density at radius 2 is 1.15 bits per heavy atom. The van der Waals surface area contributed by atoms with Gasteiger partial charge in [0.05, 0.1) is 17.1 Å². The maximum atomic E-state index is 6.51. The number of rotatable bonds is 5. The van der Waals surface area contributed by atoms with Crippen LogP contribution in [-0.4, -0.2) is 4.57 Å². The third-order valence-electron chi connectivity index (χ3n) is 10.7. The molecule has 0 bridgehead atoms. The highest BCUT2D eigenvalue weighted by Gasteiger charge is 2.33. The molecule has 11 rings (SSSR count). The summed E-state index contributed by atoms with van der Waals surface area (Å²) in [6.45, 7) is 0. The summed E-state index contributed by atoms with van der Waals surface area (Å²) in [7, 11) is 0. The minimum atomic E-state index is 0.0141. The van der Waals surface area contributed by atoms with Crippen LogP contribution in [0.4, 0.5) is 11.4 Å². The molecule has 1 unspecified atom stereocenters. The van der Waals surface area contributed by atoms with Crippen molar-refractivity contribution in [2.45, 2.75) is 12.5 Å². The van der Waals surface area contributed by atoms with Gasteiger partial charge < -0.3 is 13.9 Å². The van der Waals surface area contributed by atoms with Crippen LogP contribution in [0.5, 0.6) is 0 Å². The second-order valence-electron chi connectivity index (χ2n) is 13.7. The number of anilines is 2. The highest BCUT2D eigenvalue weighted by molar-refractivity contribution is 7.19. The van der Waals surface area contributed by atoms with E-state index in [9.17, 15) is 0 Å². The summed E-state index contributed by atoms with van der Waals surface area (Å²) in [5.41, 5.74) is 11.5. The van der Waals surface area contributed by atoms with Crippen molar-refractivity contribution in [1.82, 2.24) is 4.57 Å². The minimum Gasteiger partial charge on any atom is -0.456 e. The number of thiophene rings is 1. The molecule has 246 valence electrons. The third kappa shape index (κ3) is 4.51. The van der Waals surface area contributed by atoms with E-state index in [0.717, 1.165) is 39.7 Å². The lowest BCUT2D eigenvalue weighted by molar-refractivity contribution is 0.667. The Hall–Kier alpha value is -6.36. The minimum absolute atomic E-state index is 0.0141. The van der Waals surface area contributed by atoms with Crippen LogP contribution in [0, 0.1) is 0 Å². The van der Waals surface area contributed by atoms with Gasteiger partial charge in [-0.1, -0.05) is 115 Å². The van der Waals surface area contributed by atoms with Gasteiger partial charge in [0, 0.05) is 71.6 Å². The first-order valence-electron chi connectivity index (χ1n) is 17.9. The van der Waals surface area contributed by atoms with Crippen molar-refractivity contribution in [3.63, 3.8) is 0 Å². The highest BCUT2D eigenvalue weighted by atomic mass is 32.1. The largest absolute Gasteiger partial charge is 0.456 e. The summed E-state index contributed by atoms with van der Waals surface area (Å²) in [6, 6.07) is 61.4. The van der Waals surface area contributed by atoms with E-state index in [1.165, 1.54) is 59.2 Å². The monoisotopic (exact) mass is 684 g/mol. The molecule has 0 aliphatic heterocycles. The number of para-hydroxylation sites is 3. The lowest BCUT2D eigenvalue weighted by Gasteiger charge is -2.37. The molecular formula is C48H32N2OS. The maximum absolute atomic E-state index is 6.51. The van der Waals surface area contributed by atoms with Crippen molar-refractivity contribution in [3.8, 4) is 11.1 Å². The molecule has 7 aromatic carbocycles. The van der Waals surface area contributed by atoms with Crippen LogP contribution in [0.15, 0.2) is 174 Å². The molecule has 3 heterocycles. The van der Waals surface area contributed by atoms with Crippen LogP contribution in [0.1, 0.15) is 22.9 Å². The van der Waals surface area contributed by atoms with Crippen LogP contribution in [0.25, 0.3) is 76.7 Å². The smallest absolute Gasteiger partial charge is 0.137 e. The molecule has 3 aromatic heterocycles. The van der Waals surface area contributed by atoms with E-state index in [1.807, 2.05) is 17.4 Å². The number of hydrogen-bond donors (Lipinski definition) is 0. The van der Waals surface area contributed by atoms with Gasteiger partial charge in [0.2, 0.25) is 0 Å². The predicted molar refractivity (Wildman–Crippen MR) is 221 cm³/mol. The first kappa shape index (κ1) is 29.4. The van der Waals surface area contributed by atoms with Gasteiger partial charge in [0.15, 0.2) is 0 Å². The fourth-order valence-corrected chi connectivity index (χ4v) is 9.71. The van der Waals surface area contributed by atoms with Crippen LogP contribution in [0.3, 0.4) is 0 Å². The Morgan fingerprint density at radius 1 is 0.519 bits per heavy atom. The number of fused-ring (bicyclic) bond motifs is 9. The van der Waals surface area contributed by atoms with E-state index < -0.39 is 0 Å². The molecule has 1 atom stereocenters. The normalized spacial score (nSPS) is 14.4. The van der Waals surface area contributed by atoms with E-state index >= 15 is 0 Å². The zero-order valence-electron chi connectivity index (χ0n) is 28.2. The standard InChI is InChI=1S/C48H32N2OS/c1-2-13-31(14-3-1)32-15-12-16-33(27-32)49(34-25-26-39-38-19-6-10-23-45(38)51-46(39)30-34)44-29-35(28-41-40-20-7-11-24-47(40)52-48(41)44)50-42-21-8-4-17-36(42)37-18-5-9-22-43(37)50/h1-28,30,44H,29H2. The number of benzene rings is 7. The fourth-order valence-electron chi connectivity index (χ4n) is 8.43. The Balaban J connectivity index is 1.18. The number of hydrogen-bond acceptors (Lipinski definition) is 3. The molecule has 4 heteroatoms. The molecule has 52 heavy (non-hydrogen) atoms. The second kappa shape index (κ2) is 11.6. The van der Waals surface area contributed by atoms with E-state index in [0.29, 0.717) is 0 Å². The summed E-state index contributed by atoms with van der Waals surface area (Å²) in [5, 5.41) is 6.13. The van der Waals surface area contributed by atoms with Crippen molar-refractivity contribution >= 4 is 88.3 Å². The van der Waals surface area contributed by atoms with Crippen molar-refractivity contribution in [3.05, 3.63) is 180 Å². The predicted octanol–water partition coefficient (Wildman–Crippen LogP) is 13.9.